The number of hydrogen-bond acceptors (Lipinski definition) is 3. The lowest BCUT2D eigenvalue weighted by Crippen LogP contribution is -2.16. The van der Waals surface area contributed by atoms with Crippen molar-refractivity contribution in [2.75, 3.05) is 5.32 Å². The molecule has 0 spiro atoms. The van der Waals surface area contributed by atoms with Crippen molar-refractivity contribution in [1.29, 1.82) is 5.26 Å². The minimum Gasteiger partial charge on any atom is -0.478 e. The van der Waals surface area contributed by atoms with Crippen molar-refractivity contribution in [3.63, 3.8) is 0 Å². The number of carboxylic acids is 1. The third kappa shape index (κ3) is 3.57. The predicted octanol–water partition coefficient (Wildman–Crippen LogP) is 2.57. The summed E-state index contributed by atoms with van der Waals surface area (Å²) < 4.78 is 0. The molecule has 0 aliphatic heterocycles. The molecule has 0 heterocycles. The van der Waals surface area contributed by atoms with Gasteiger partial charge in [0.05, 0.1) is 22.3 Å². The molecule has 0 aliphatic rings. The van der Waals surface area contributed by atoms with Crippen LogP contribution in [0.1, 0.15) is 19.4 Å². The van der Waals surface area contributed by atoms with Gasteiger partial charge in [0.2, 0.25) is 0 Å². The minimum atomic E-state index is -1.15. The molecule has 5 nitrogen and oxygen atoms in total. The Balaban J connectivity index is 2.99. The van der Waals surface area contributed by atoms with Gasteiger partial charge in [-0.25, -0.2) is 4.79 Å². The van der Waals surface area contributed by atoms with Crippen molar-refractivity contribution in [3.05, 3.63) is 39.9 Å². The number of aliphatic carboxylic acids is 1. The first-order valence-electron chi connectivity index (χ1n) is 5.28. The fourth-order valence-corrected chi connectivity index (χ4v) is 1.46. The van der Waals surface area contributed by atoms with Crippen LogP contribution in [0.15, 0.2) is 29.3 Å². The van der Waals surface area contributed by atoms with Crippen LogP contribution in [0.25, 0.3) is 0 Å². The number of carbonyl (C=O) groups is 2. The van der Waals surface area contributed by atoms with Gasteiger partial charge in [0.15, 0.2) is 0 Å². The number of carbonyl (C=O) groups excluding carboxylic acids is 1. The third-order valence-corrected chi connectivity index (χ3v) is 2.88. The van der Waals surface area contributed by atoms with Crippen LogP contribution in [-0.2, 0) is 9.59 Å². The van der Waals surface area contributed by atoms with Gasteiger partial charge >= 0.3 is 5.97 Å². The lowest BCUT2D eigenvalue weighted by atomic mass is 10.1. The fourth-order valence-electron chi connectivity index (χ4n) is 1.23. The van der Waals surface area contributed by atoms with E-state index in [2.05, 4.69) is 5.32 Å². The van der Waals surface area contributed by atoms with E-state index in [1.807, 2.05) is 6.07 Å². The summed E-state index contributed by atoms with van der Waals surface area (Å²) in [6, 6.07) is 6.33. The zero-order valence-corrected chi connectivity index (χ0v) is 11.1. The number of nitrogens with zero attached hydrogens (tertiary/aromatic N) is 1. The highest BCUT2D eigenvalue weighted by atomic mass is 35.5. The van der Waals surface area contributed by atoms with E-state index in [0.717, 1.165) is 0 Å². The molecule has 0 radical (unpaired) electrons. The molecular weight excluding hydrogens is 268 g/mol. The Hall–Kier alpha value is -2.32. The second kappa shape index (κ2) is 6.03. The molecule has 0 fully saturated rings. The topological polar surface area (TPSA) is 90.2 Å². The first-order valence-corrected chi connectivity index (χ1v) is 5.66. The Morgan fingerprint density at radius 2 is 1.95 bits per heavy atom. The van der Waals surface area contributed by atoms with Gasteiger partial charge in [-0.3, -0.25) is 4.79 Å². The Morgan fingerprint density at radius 1 is 1.32 bits per heavy atom. The lowest BCUT2D eigenvalue weighted by molar-refractivity contribution is -0.133. The Morgan fingerprint density at radius 3 is 2.42 bits per heavy atom. The Labute approximate surface area is 115 Å². The number of amides is 1. The smallest absolute Gasteiger partial charge is 0.331 e. The normalized spacial score (nSPS) is 11.3. The summed E-state index contributed by atoms with van der Waals surface area (Å²) in [6.45, 7) is 2.76. The average molecular weight is 279 g/mol. The van der Waals surface area contributed by atoms with Crippen LogP contribution in [0.4, 0.5) is 5.69 Å². The lowest BCUT2D eigenvalue weighted by Gasteiger charge is -2.08. The molecule has 0 atom stereocenters. The van der Waals surface area contributed by atoms with E-state index in [1.54, 1.807) is 0 Å². The number of nitriles is 1. The van der Waals surface area contributed by atoms with Crippen molar-refractivity contribution < 1.29 is 14.7 Å². The van der Waals surface area contributed by atoms with Crippen LogP contribution in [0.3, 0.4) is 0 Å². The first kappa shape index (κ1) is 14.7. The van der Waals surface area contributed by atoms with Gasteiger partial charge in [-0.05, 0) is 32.0 Å². The van der Waals surface area contributed by atoms with Gasteiger partial charge in [0, 0.05) is 11.1 Å². The number of hydrogen-bond donors (Lipinski definition) is 2. The summed E-state index contributed by atoms with van der Waals surface area (Å²) in [6.07, 6.45) is 0. The van der Waals surface area contributed by atoms with E-state index in [-0.39, 0.29) is 16.2 Å². The van der Waals surface area contributed by atoms with Gasteiger partial charge in [0.25, 0.3) is 5.91 Å². The summed E-state index contributed by atoms with van der Waals surface area (Å²) in [5, 5.41) is 20.2. The second-order valence-corrected chi connectivity index (χ2v) is 4.22. The quantitative estimate of drug-likeness (QED) is 0.832. The zero-order valence-electron chi connectivity index (χ0n) is 10.3. The summed E-state index contributed by atoms with van der Waals surface area (Å²) in [7, 11) is 0. The standard InChI is InChI=1S/C13H11ClN2O3/c1-7(8(2)13(18)19)12(17)16-11-4-3-9(6-15)5-10(11)14/h3-5H,1-2H3,(H,16,17)(H,18,19)/b8-7+. The van der Waals surface area contributed by atoms with Gasteiger partial charge < -0.3 is 10.4 Å². The highest BCUT2D eigenvalue weighted by Crippen LogP contribution is 2.23. The maximum atomic E-state index is 11.8. The number of benzene rings is 1. The summed E-state index contributed by atoms with van der Waals surface area (Å²) in [5.41, 5.74) is 0.746. The molecule has 0 aromatic heterocycles. The average Bonchev–Trinajstić information content (AvgIpc) is 2.38. The Bertz CT molecular complexity index is 615. The van der Waals surface area contributed by atoms with Crippen LogP contribution in [0, 0.1) is 11.3 Å². The van der Waals surface area contributed by atoms with Gasteiger partial charge in [0.1, 0.15) is 0 Å². The van der Waals surface area contributed by atoms with E-state index in [0.29, 0.717) is 11.3 Å². The molecule has 1 amide bonds. The molecule has 0 saturated carbocycles. The van der Waals surface area contributed by atoms with Gasteiger partial charge in [-0.1, -0.05) is 11.6 Å². The summed E-state index contributed by atoms with van der Waals surface area (Å²) in [5.74, 6) is -1.70. The van der Waals surface area contributed by atoms with E-state index in [9.17, 15) is 9.59 Å². The van der Waals surface area contributed by atoms with E-state index in [1.165, 1.54) is 32.0 Å². The number of carboxylic acid groups (broad SMARTS) is 1. The monoisotopic (exact) mass is 278 g/mol. The largest absolute Gasteiger partial charge is 0.478 e. The number of halogens is 1. The van der Waals surface area contributed by atoms with E-state index < -0.39 is 11.9 Å². The zero-order chi connectivity index (χ0) is 14.6. The molecule has 2 N–H and O–H groups in total. The van der Waals surface area contributed by atoms with Crippen molar-refractivity contribution in [3.8, 4) is 6.07 Å². The molecule has 1 aromatic carbocycles. The van der Waals surface area contributed by atoms with Crippen molar-refractivity contribution in [2.24, 2.45) is 0 Å². The second-order valence-electron chi connectivity index (χ2n) is 3.82. The SMILES string of the molecule is C/C(C(=O)O)=C(/C)C(=O)Nc1ccc(C#N)cc1Cl. The molecule has 0 saturated heterocycles. The van der Waals surface area contributed by atoms with E-state index in [4.69, 9.17) is 22.0 Å². The maximum Gasteiger partial charge on any atom is 0.331 e. The summed E-state index contributed by atoms with van der Waals surface area (Å²) >= 11 is 5.90. The van der Waals surface area contributed by atoms with Crippen molar-refractivity contribution >= 4 is 29.2 Å². The molecule has 0 aliphatic carbocycles. The van der Waals surface area contributed by atoms with Crippen molar-refractivity contribution in [2.45, 2.75) is 13.8 Å². The van der Waals surface area contributed by atoms with Crippen LogP contribution in [0.2, 0.25) is 5.02 Å². The molecule has 0 bridgehead atoms. The minimum absolute atomic E-state index is 0.0396. The summed E-state index contributed by atoms with van der Waals surface area (Å²) in [4.78, 5) is 22.6. The van der Waals surface area contributed by atoms with Crippen LogP contribution < -0.4 is 5.32 Å². The number of nitrogens with one attached hydrogen (secondary N) is 1. The molecular formula is C13H11ClN2O3. The molecule has 1 aromatic rings. The van der Waals surface area contributed by atoms with E-state index >= 15 is 0 Å². The highest BCUT2D eigenvalue weighted by Gasteiger charge is 2.14. The third-order valence-electron chi connectivity index (χ3n) is 2.57. The van der Waals surface area contributed by atoms with Gasteiger partial charge in [-0.2, -0.15) is 5.26 Å². The molecule has 6 heteroatoms. The van der Waals surface area contributed by atoms with Crippen LogP contribution in [0.5, 0.6) is 0 Å². The van der Waals surface area contributed by atoms with Crippen LogP contribution >= 0.6 is 11.6 Å². The van der Waals surface area contributed by atoms with Crippen LogP contribution in [-0.4, -0.2) is 17.0 Å². The Kier molecular flexibility index (Phi) is 4.67. The van der Waals surface area contributed by atoms with Crippen molar-refractivity contribution in [1.82, 2.24) is 0 Å². The first-order chi connectivity index (χ1) is 8.86. The molecule has 98 valence electrons. The highest BCUT2D eigenvalue weighted by molar-refractivity contribution is 6.34. The molecule has 19 heavy (non-hydrogen) atoms. The predicted molar refractivity (Wildman–Crippen MR) is 70.8 cm³/mol. The number of anilines is 1. The molecule has 0 unspecified atom stereocenters. The maximum absolute atomic E-state index is 11.8. The number of rotatable bonds is 3. The molecule has 1 rings (SSSR count). The fraction of sp³-hybridized carbons (Fsp3) is 0.154. The van der Waals surface area contributed by atoms with Gasteiger partial charge in [-0.15, -0.1) is 0 Å².